The second-order valence-corrected chi connectivity index (χ2v) is 11.9. The number of halogens is 8. The molecule has 2 aromatic rings. The number of nitrogens with zero attached hydrogens (tertiary/aromatic N) is 4. The van der Waals surface area contributed by atoms with Crippen molar-refractivity contribution in [2.24, 2.45) is 17.3 Å². The molecular formula is C27H30Cl2F6N4O4. The molecule has 0 spiro atoms. The third-order valence-corrected chi connectivity index (χ3v) is 8.05. The molecule has 1 amide bonds. The molecule has 8 nitrogen and oxygen atoms in total. The van der Waals surface area contributed by atoms with E-state index in [9.17, 15) is 40.7 Å². The van der Waals surface area contributed by atoms with Crippen LogP contribution in [0, 0.1) is 17.3 Å². The molecule has 1 aliphatic rings. The van der Waals surface area contributed by atoms with E-state index in [1.54, 1.807) is 13.8 Å². The fraction of sp³-hybridized carbons (Fsp3) is 0.593. The number of ether oxygens (including phenoxy) is 1. The van der Waals surface area contributed by atoms with Gasteiger partial charge in [-0.2, -0.15) is 31.4 Å². The number of aromatic nitrogens is 3. The summed E-state index contributed by atoms with van der Waals surface area (Å²) in [6.07, 6.45) is -6.87. The Kier molecular flexibility index (Phi) is 10.5. The number of hydrogen-bond donors (Lipinski definition) is 0. The van der Waals surface area contributed by atoms with E-state index < -0.39 is 71.7 Å². The van der Waals surface area contributed by atoms with Gasteiger partial charge in [-0.3, -0.25) is 24.0 Å². The zero-order valence-electron chi connectivity index (χ0n) is 23.7. The Morgan fingerprint density at radius 3 is 2.16 bits per heavy atom. The maximum atomic E-state index is 14.5. The summed E-state index contributed by atoms with van der Waals surface area (Å²) in [5.41, 5.74) is -5.46. The summed E-state index contributed by atoms with van der Waals surface area (Å²) in [5, 5.41) is 3.33. The van der Waals surface area contributed by atoms with Gasteiger partial charge in [0, 0.05) is 18.9 Å². The molecular weight excluding hydrogens is 629 g/mol. The van der Waals surface area contributed by atoms with Gasteiger partial charge in [0.25, 0.3) is 5.91 Å². The standard InChI is InChI=1S/C27H30Cl2F6N4O4/c1-5-43-24(42)16-7-6-15(8-14(16)2)39-22(26(30,31)32)17(9-37-39)23(41)38(13-25(3,4)27(33,34)35)12-20(40)21-18(28)10-36-11-19(21)29/h9-11,14-16H,5-8,12-13H2,1-4H3/t14-,15-,16-/m1/s1. The highest BCUT2D eigenvalue weighted by Crippen LogP contribution is 2.42. The van der Waals surface area contributed by atoms with E-state index in [0.717, 1.165) is 26.2 Å². The van der Waals surface area contributed by atoms with Crippen LogP contribution < -0.4 is 0 Å². The molecule has 0 bridgehead atoms. The van der Waals surface area contributed by atoms with Crippen LogP contribution in [0.15, 0.2) is 18.6 Å². The molecule has 0 aromatic carbocycles. The number of hydrogen-bond acceptors (Lipinski definition) is 6. The highest BCUT2D eigenvalue weighted by molar-refractivity contribution is 6.39. The Morgan fingerprint density at radius 2 is 1.65 bits per heavy atom. The van der Waals surface area contributed by atoms with Crippen LogP contribution >= 0.6 is 23.2 Å². The van der Waals surface area contributed by atoms with Crippen molar-refractivity contribution in [2.45, 2.75) is 65.4 Å². The summed E-state index contributed by atoms with van der Waals surface area (Å²) in [7, 11) is 0. The number of rotatable bonds is 9. The zero-order chi connectivity index (χ0) is 32.5. The smallest absolute Gasteiger partial charge is 0.433 e. The molecule has 0 N–H and O–H groups in total. The minimum absolute atomic E-state index is 0.101. The summed E-state index contributed by atoms with van der Waals surface area (Å²) in [6, 6.07) is -0.866. The molecule has 3 atom stereocenters. The number of pyridine rings is 1. The van der Waals surface area contributed by atoms with Gasteiger partial charge in [-0.1, -0.05) is 30.1 Å². The number of alkyl halides is 6. The lowest BCUT2D eigenvalue weighted by atomic mass is 9.78. The fourth-order valence-corrected chi connectivity index (χ4v) is 5.71. The monoisotopic (exact) mass is 658 g/mol. The fourth-order valence-electron chi connectivity index (χ4n) is 5.13. The van der Waals surface area contributed by atoms with E-state index in [4.69, 9.17) is 27.9 Å². The van der Waals surface area contributed by atoms with E-state index in [-0.39, 0.29) is 47.4 Å². The van der Waals surface area contributed by atoms with E-state index in [1.807, 2.05) is 0 Å². The maximum Gasteiger partial charge on any atom is 0.433 e. The largest absolute Gasteiger partial charge is 0.466 e. The quantitative estimate of drug-likeness (QED) is 0.163. The van der Waals surface area contributed by atoms with Gasteiger partial charge >= 0.3 is 18.3 Å². The first kappa shape index (κ1) is 34.6. The van der Waals surface area contributed by atoms with Gasteiger partial charge in [-0.15, -0.1) is 0 Å². The van der Waals surface area contributed by atoms with Gasteiger partial charge in [0.15, 0.2) is 11.5 Å². The SMILES string of the molecule is CCOC(=O)[C@@H]1CC[C@@H](n2ncc(C(=O)N(CC(=O)c3c(Cl)cncc3Cl)CC(C)(C)C(F)(F)F)c2C(F)(F)F)C[C@H]1C. The number of carbonyl (C=O) groups excluding carboxylic acids is 3. The van der Waals surface area contributed by atoms with Crippen LogP contribution in [-0.4, -0.2) is 63.2 Å². The number of esters is 1. The number of ketones is 1. The molecule has 43 heavy (non-hydrogen) atoms. The Hall–Kier alpha value is -2.87. The topological polar surface area (TPSA) is 94.4 Å². The summed E-state index contributed by atoms with van der Waals surface area (Å²) < 4.78 is 90.7. The van der Waals surface area contributed by atoms with Crippen molar-refractivity contribution in [3.8, 4) is 0 Å². The molecule has 0 unspecified atom stereocenters. The second-order valence-electron chi connectivity index (χ2n) is 11.1. The van der Waals surface area contributed by atoms with Crippen molar-refractivity contribution >= 4 is 40.9 Å². The first-order valence-corrected chi connectivity index (χ1v) is 14.0. The summed E-state index contributed by atoms with van der Waals surface area (Å²) in [5.74, 6) is -3.85. The molecule has 16 heteroatoms. The molecule has 0 radical (unpaired) electrons. The molecule has 1 aliphatic carbocycles. The minimum atomic E-state index is -5.14. The number of carbonyl (C=O) groups is 3. The first-order valence-electron chi connectivity index (χ1n) is 13.3. The third-order valence-electron chi connectivity index (χ3n) is 7.48. The van der Waals surface area contributed by atoms with Crippen LogP contribution in [0.1, 0.15) is 79.4 Å². The summed E-state index contributed by atoms with van der Waals surface area (Å²) >= 11 is 12.0. The average Bonchev–Trinajstić information content (AvgIpc) is 3.33. The molecule has 1 saturated carbocycles. The van der Waals surface area contributed by atoms with Gasteiger partial charge in [-0.05, 0) is 46.0 Å². The van der Waals surface area contributed by atoms with Crippen molar-refractivity contribution in [1.82, 2.24) is 19.7 Å². The summed E-state index contributed by atoms with van der Waals surface area (Å²) in [6.45, 7) is 2.76. The van der Waals surface area contributed by atoms with Crippen molar-refractivity contribution in [1.29, 1.82) is 0 Å². The number of amides is 1. The van der Waals surface area contributed by atoms with Crippen molar-refractivity contribution in [3.63, 3.8) is 0 Å². The van der Waals surface area contributed by atoms with Crippen molar-refractivity contribution < 1.29 is 45.5 Å². The molecule has 0 saturated heterocycles. The van der Waals surface area contributed by atoms with E-state index >= 15 is 0 Å². The Bertz CT molecular complexity index is 1340. The first-order chi connectivity index (χ1) is 19.8. The predicted octanol–water partition coefficient (Wildman–Crippen LogP) is 7.06. The normalized spacial score (nSPS) is 19.7. The van der Waals surface area contributed by atoms with Gasteiger partial charge in [-0.25, -0.2) is 0 Å². The van der Waals surface area contributed by atoms with Crippen LogP contribution in [0.25, 0.3) is 0 Å². The molecule has 2 aromatic heterocycles. The Labute approximate surface area is 253 Å². The van der Waals surface area contributed by atoms with Gasteiger partial charge in [0.2, 0.25) is 0 Å². The lowest BCUT2D eigenvalue weighted by Gasteiger charge is -2.35. The molecule has 0 aliphatic heterocycles. The van der Waals surface area contributed by atoms with Crippen LogP contribution in [-0.2, 0) is 15.7 Å². The van der Waals surface area contributed by atoms with Crippen LogP contribution in [0.2, 0.25) is 10.0 Å². The van der Waals surface area contributed by atoms with E-state index in [1.165, 1.54) is 0 Å². The minimum Gasteiger partial charge on any atom is -0.466 e. The van der Waals surface area contributed by atoms with Gasteiger partial charge < -0.3 is 9.64 Å². The molecule has 2 heterocycles. The van der Waals surface area contributed by atoms with Crippen LogP contribution in [0.4, 0.5) is 26.3 Å². The van der Waals surface area contributed by atoms with E-state index in [2.05, 4.69) is 10.1 Å². The predicted molar refractivity (Wildman–Crippen MR) is 144 cm³/mol. The van der Waals surface area contributed by atoms with Crippen LogP contribution in [0.5, 0.6) is 0 Å². The van der Waals surface area contributed by atoms with Crippen molar-refractivity contribution in [2.75, 3.05) is 19.7 Å². The highest BCUT2D eigenvalue weighted by Gasteiger charge is 2.50. The zero-order valence-corrected chi connectivity index (χ0v) is 25.2. The lowest BCUT2D eigenvalue weighted by molar-refractivity contribution is -0.214. The third kappa shape index (κ3) is 7.62. The molecule has 238 valence electrons. The summed E-state index contributed by atoms with van der Waals surface area (Å²) in [4.78, 5) is 43.1. The average molecular weight is 659 g/mol. The van der Waals surface area contributed by atoms with Gasteiger partial charge in [0.1, 0.15) is 0 Å². The Balaban J connectivity index is 2.03. The van der Waals surface area contributed by atoms with Gasteiger partial charge in [0.05, 0.1) is 57.9 Å². The molecule has 1 fully saturated rings. The second kappa shape index (κ2) is 13.0. The Morgan fingerprint density at radius 1 is 1.05 bits per heavy atom. The maximum absolute atomic E-state index is 14.5. The van der Waals surface area contributed by atoms with Crippen molar-refractivity contribution in [3.05, 3.63) is 45.5 Å². The molecule has 3 rings (SSSR count). The lowest BCUT2D eigenvalue weighted by Crippen LogP contribution is -2.48. The highest BCUT2D eigenvalue weighted by atomic mass is 35.5. The van der Waals surface area contributed by atoms with E-state index in [0.29, 0.717) is 15.8 Å². The number of Topliss-reactive ketones (excluding diaryl/α,β-unsaturated/α-hetero) is 1. The van der Waals surface area contributed by atoms with Crippen LogP contribution in [0.3, 0.4) is 0 Å².